The quantitative estimate of drug-likeness (QED) is 0.546. The van der Waals surface area contributed by atoms with Crippen molar-refractivity contribution in [3.63, 3.8) is 0 Å². The van der Waals surface area contributed by atoms with E-state index < -0.39 is 8.32 Å². The molecule has 2 aliphatic heterocycles. The van der Waals surface area contributed by atoms with Gasteiger partial charge in [0.1, 0.15) is 11.9 Å². The molecule has 1 fully saturated rings. The summed E-state index contributed by atoms with van der Waals surface area (Å²) in [6.07, 6.45) is 5.40. The van der Waals surface area contributed by atoms with E-state index in [4.69, 9.17) is 13.8 Å². The molecule has 2 aliphatic rings. The number of nitrogens with zero attached hydrogens (tertiary/aromatic N) is 2. The van der Waals surface area contributed by atoms with E-state index in [-0.39, 0.29) is 17.2 Å². The lowest BCUT2D eigenvalue weighted by Gasteiger charge is -2.43. The summed E-state index contributed by atoms with van der Waals surface area (Å²) < 4.78 is 12.5. The first-order chi connectivity index (χ1) is 13.8. The molecule has 0 radical (unpaired) electrons. The van der Waals surface area contributed by atoms with Crippen LogP contribution in [-0.2, 0) is 4.43 Å². The molecular formula is C24H34N2O2Si. The highest BCUT2D eigenvalue weighted by molar-refractivity contribution is 6.74. The Morgan fingerprint density at radius 3 is 2.55 bits per heavy atom. The van der Waals surface area contributed by atoms with Gasteiger partial charge in [0.15, 0.2) is 8.32 Å². The molecule has 0 unspecified atom stereocenters. The molecule has 29 heavy (non-hydrogen) atoms. The Balaban J connectivity index is 1.64. The molecule has 3 heterocycles. The number of benzene rings is 1. The third-order valence-corrected chi connectivity index (χ3v) is 11.5. The van der Waals surface area contributed by atoms with E-state index in [9.17, 15) is 0 Å². The van der Waals surface area contributed by atoms with Crippen molar-refractivity contribution >= 4 is 14.0 Å². The van der Waals surface area contributed by atoms with Crippen molar-refractivity contribution in [1.82, 2.24) is 4.90 Å². The average Bonchev–Trinajstić information content (AvgIpc) is 3.27. The monoisotopic (exact) mass is 410 g/mol. The molecular weight excluding hydrogens is 376 g/mol. The summed E-state index contributed by atoms with van der Waals surface area (Å²) in [4.78, 5) is 7.72. The summed E-state index contributed by atoms with van der Waals surface area (Å²) in [6, 6.07) is 15.3. The summed E-state index contributed by atoms with van der Waals surface area (Å²) in [5.41, 5.74) is 2.43. The Morgan fingerprint density at radius 1 is 1.14 bits per heavy atom. The van der Waals surface area contributed by atoms with Crippen molar-refractivity contribution in [3.05, 3.63) is 60.1 Å². The first-order valence-electron chi connectivity index (χ1n) is 10.9. The number of hydrogen-bond donors (Lipinski definition) is 0. The fourth-order valence-electron chi connectivity index (χ4n) is 4.27. The fraction of sp³-hybridized carbons (Fsp3) is 0.542. The van der Waals surface area contributed by atoms with Crippen molar-refractivity contribution in [2.24, 2.45) is 4.99 Å². The Morgan fingerprint density at radius 2 is 1.90 bits per heavy atom. The molecule has 1 aromatic heterocycles. The van der Waals surface area contributed by atoms with Crippen LogP contribution < -0.4 is 0 Å². The van der Waals surface area contributed by atoms with Crippen molar-refractivity contribution in [2.45, 2.75) is 76.4 Å². The van der Waals surface area contributed by atoms with Crippen LogP contribution in [-0.4, -0.2) is 37.7 Å². The van der Waals surface area contributed by atoms with Crippen LogP contribution >= 0.6 is 0 Å². The van der Waals surface area contributed by atoms with Crippen LogP contribution in [0, 0.1) is 0 Å². The molecule has 2 aromatic rings. The molecule has 5 heteroatoms. The van der Waals surface area contributed by atoms with E-state index in [1.165, 1.54) is 12.0 Å². The fourth-order valence-corrected chi connectivity index (χ4v) is 5.27. The second kappa shape index (κ2) is 7.86. The zero-order valence-electron chi connectivity index (χ0n) is 18.4. The molecule has 0 aliphatic carbocycles. The van der Waals surface area contributed by atoms with Crippen molar-refractivity contribution in [1.29, 1.82) is 0 Å². The maximum atomic E-state index is 6.74. The summed E-state index contributed by atoms with van der Waals surface area (Å²) in [5, 5.41) is 0.199. The molecule has 0 N–H and O–H groups in total. The predicted octanol–water partition coefficient (Wildman–Crippen LogP) is 6.03. The Bertz CT molecular complexity index is 840. The van der Waals surface area contributed by atoms with Crippen LogP contribution in [0.3, 0.4) is 0 Å². The van der Waals surface area contributed by atoms with Crippen LogP contribution in [0.2, 0.25) is 18.1 Å². The second-order valence-corrected chi connectivity index (χ2v) is 14.7. The van der Waals surface area contributed by atoms with Gasteiger partial charge in [0, 0.05) is 0 Å². The number of aliphatic imine (C=N–C) groups is 1. The van der Waals surface area contributed by atoms with Crippen LogP contribution in [0.4, 0.5) is 0 Å². The molecule has 3 atom stereocenters. The molecule has 0 amide bonds. The Hall–Kier alpha value is -1.69. The maximum Gasteiger partial charge on any atom is 0.192 e. The summed E-state index contributed by atoms with van der Waals surface area (Å²) in [7, 11) is -1.84. The molecule has 4 nitrogen and oxygen atoms in total. The van der Waals surface area contributed by atoms with E-state index in [1.807, 2.05) is 12.1 Å². The van der Waals surface area contributed by atoms with E-state index >= 15 is 0 Å². The highest BCUT2D eigenvalue weighted by Crippen LogP contribution is 2.42. The molecule has 2 bridgehead atoms. The highest BCUT2D eigenvalue weighted by Gasteiger charge is 2.46. The summed E-state index contributed by atoms with van der Waals surface area (Å²) >= 11 is 0. The summed E-state index contributed by atoms with van der Waals surface area (Å²) in [6.45, 7) is 12.3. The van der Waals surface area contributed by atoms with Crippen molar-refractivity contribution < 1.29 is 8.84 Å². The lowest BCUT2D eigenvalue weighted by molar-refractivity contribution is 0.0561. The van der Waals surface area contributed by atoms with Crippen molar-refractivity contribution in [3.8, 4) is 0 Å². The zero-order valence-corrected chi connectivity index (χ0v) is 19.4. The molecule has 1 saturated heterocycles. The molecule has 0 spiro atoms. The van der Waals surface area contributed by atoms with Crippen LogP contribution in [0.1, 0.15) is 57.4 Å². The minimum Gasteiger partial charge on any atom is -0.463 e. The van der Waals surface area contributed by atoms with Crippen LogP contribution in [0.15, 0.2) is 58.1 Å². The number of piperidine rings is 1. The Labute approximate surface area is 176 Å². The maximum absolute atomic E-state index is 6.74. The van der Waals surface area contributed by atoms with Crippen molar-refractivity contribution in [2.75, 3.05) is 6.61 Å². The minimum atomic E-state index is -1.84. The van der Waals surface area contributed by atoms with Gasteiger partial charge in [-0.05, 0) is 55.1 Å². The highest BCUT2D eigenvalue weighted by atomic mass is 28.4. The standard InChI is InChI=1S/C24H34N2O2Si/c1-24(2,3)29(4,5)28-17-20(18-11-7-6-8-12-18)26-19-13-9-15-22(26)25-23(19)21-14-10-16-27-21/h6-8,10-12,14,16,19-20,22H,9,13,15,17H2,1-5H3/t19-,20-,22+/m0/s1. The smallest absolute Gasteiger partial charge is 0.192 e. The van der Waals surface area contributed by atoms with Gasteiger partial charge in [0.2, 0.25) is 0 Å². The third kappa shape index (κ3) is 4.00. The number of fused-ring (bicyclic) bond motifs is 2. The lowest BCUT2D eigenvalue weighted by atomic mass is 9.94. The normalized spacial score (nSPS) is 23.8. The first-order valence-corrected chi connectivity index (χ1v) is 13.8. The van der Waals surface area contributed by atoms with E-state index in [2.05, 4.69) is 69.1 Å². The Kier molecular flexibility index (Phi) is 5.57. The van der Waals surface area contributed by atoms with Gasteiger partial charge < -0.3 is 8.84 Å². The first kappa shape index (κ1) is 20.6. The van der Waals surface area contributed by atoms with Gasteiger partial charge in [0.05, 0.1) is 30.7 Å². The molecule has 156 valence electrons. The number of rotatable bonds is 6. The number of furan rings is 1. The van der Waals surface area contributed by atoms with Gasteiger partial charge in [0.25, 0.3) is 0 Å². The van der Waals surface area contributed by atoms with Crippen LogP contribution in [0.5, 0.6) is 0 Å². The van der Waals surface area contributed by atoms with Gasteiger partial charge in [-0.15, -0.1) is 0 Å². The van der Waals surface area contributed by atoms with E-state index in [0.29, 0.717) is 12.6 Å². The SMILES string of the molecule is CC(C)(C)[Si](C)(C)OC[C@@H](c1ccccc1)N1[C@@H]2CCC[C@H]1C(c1ccco1)=N2. The van der Waals surface area contributed by atoms with E-state index in [1.54, 1.807) is 6.26 Å². The van der Waals surface area contributed by atoms with E-state index in [0.717, 1.165) is 24.3 Å². The third-order valence-electron chi connectivity index (χ3n) is 6.97. The number of hydrogen-bond acceptors (Lipinski definition) is 4. The zero-order chi connectivity index (χ0) is 20.6. The van der Waals surface area contributed by atoms with Gasteiger partial charge in [-0.2, -0.15) is 0 Å². The molecule has 4 rings (SSSR count). The topological polar surface area (TPSA) is 38.0 Å². The minimum absolute atomic E-state index is 0.199. The van der Waals surface area contributed by atoms with Gasteiger partial charge in [-0.1, -0.05) is 51.1 Å². The van der Waals surface area contributed by atoms with Gasteiger partial charge in [-0.3, -0.25) is 9.89 Å². The molecule has 1 aromatic carbocycles. The largest absolute Gasteiger partial charge is 0.463 e. The van der Waals surface area contributed by atoms with Gasteiger partial charge in [-0.25, -0.2) is 0 Å². The average molecular weight is 411 g/mol. The molecule has 0 saturated carbocycles. The predicted molar refractivity (Wildman–Crippen MR) is 121 cm³/mol. The van der Waals surface area contributed by atoms with Gasteiger partial charge >= 0.3 is 0 Å². The lowest BCUT2D eigenvalue weighted by Crippen LogP contribution is -2.49. The summed E-state index contributed by atoms with van der Waals surface area (Å²) in [5.74, 6) is 0.918. The van der Waals surface area contributed by atoms with Crippen LogP contribution in [0.25, 0.3) is 0 Å². The second-order valence-electron chi connectivity index (χ2n) is 9.86.